The molecule has 1 aliphatic heterocycles. The van der Waals surface area contributed by atoms with Crippen molar-refractivity contribution in [3.63, 3.8) is 0 Å². The van der Waals surface area contributed by atoms with E-state index in [1.165, 1.54) is 17.8 Å². The van der Waals surface area contributed by atoms with E-state index in [4.69, 9.17) is 19.9 Å². The van der Waals surface area contributed by atoms with Crippen LogP contribution in [0.15, 0.2) is 18.5 Å². The summed E-state index contributed by atoms with van der Waals surface area (Å²) >= 11 is 0. The van der Waals surface area contributed by atoms with Gasteiger partial charge in [0.2, 0.25) is 0 Å². The third-order valence-electron chi connectivity index (χ3n) is 4.91. The Kier molecular flexibility index (Phi) is 5.76. The van der Waals surface area contributed by atoms with E-state index in [1.54, 1.807) is 19.1 Å². The fraction of sp³-hybridized carbons (Fsp3) is 0.579. The van der Waals surface area contributed by atoms with E-state index in [2.05, 4.69) is 10.1 Å². The molecule has 0 unspecified atom stereocenters. The van der Waals surface area contributed by atoms with Gasteiger partial charge in [0, 0.05) is 13.3 Å². The number of ether oxygens (including phenoxy) is 3. The second kappa shape index (κ2) is 7.96. The smallest absolute Gasteiger partial charge is 0.306 e. The Balaban J connectivity index is 1.90. The van der Waals surface area contributed by atoms with Crippen molar-refractivity contribution in [1.82, 2.24) is 14.6 Å². The molecule has 0 amide bonds. The van der Waals surface area contributed by atoms with Crippen LogP contribution in [0.3, 0.4) is 0 Å². The molecule has 2 aromatic rings. The van der Waals surface area contributed by atoms with Crippen molar-refractivity contribution in [3.05, 3.63) is 24.2 Å². The van der Waals surface area contributed by atoms with Crippen LogP contribution in [-0.2, 0) is 29.4 Å². The van der Waals surface area contributed by atoms with Crippen LogP contribution < -0.4 is 5.73 Å². The van der Waals surface area contributed by atoms with Crippen LogP contribution in [0.5, 0.6) is 0 Å². The Hall–Kier alpha value is -2.72. The van der Waals surface area contributed by atoms with Crippen molar-refractivity contribution in [2.45, 2.75) is 58.0 Å². The van der Waals surface area contributed by atoms with Gasteiger partial charge in [-0.25, -0.2) is 9.50 Å². The maximum atomic E-state index is 11.9. The predicted molar refractivity (Wildman–Crippen MR) is 102 cm³/mol. The van der Waals surface area contributed by atoms with Gasteiger partial charge in [-0.2, -0.15) is 5.10 Å². The number of hydrogen-bond donors (Lipinski definition) is 2. The third-order valence-corrected chi connectivity index (χ3v) is 4.91. The molecule has 0 aliphatic carbocycles. The first-order valence-electron chi connectivity index (χ1n) is 9.41. The molecule has 3 N–H and O–H groups in total. The second-order valence-corrected chi connectivity index (χ2v) is 7.72. The Morgan fingerprint density at radius 2 is 2.14 bits per heavy atom. The summed E-state index contributed by atoms with van der Waals surface area (Å²) < 4.78 is 18.2. The number of esters is 2. The number of nitrogen functional groups attached to an aromatic ring is 1. The number of nitrogens with two attached hydrogens (primary N) is 1. The summed E-state index contributed by atoms with van der Waals surface area (Å²) in [6.45, 7) is 6.55. The van der Waals surface area contributed by atoms with Gasteiger partial charge < -0.3 is 25.1 Å². The standard InChI is InChI=1S/C19H26N4O6/c1-10(2)7-15(25)27-8-13-16(28-11(3)24)17(26)19(4,29-13)14-6-5-12-18(20)21-9-22-23(12)14/h5-6,9-10,13,16-17,26H,7-8H2,1-4H3,(H2,20,21,22)/t13-,16-,17-,19+/m1/s1. The average Bonchev–Trinajstić information content (AvgIpc) is 3.16. The fourth-order valence-corrected chi connectivity index (χ4v) is 3.54. The van der Waals surface area contributed by atoms with E-state index >= 15 is 0 Å². The van der Waals surface area contributed by atoms with Crippen molar-refractivity contribution >= 4 is 23.3 Å². The zero-order valence-corrected chi connectivity index (χ0v) is 16.9. The summed E-state index contributed by atoms with van der Waals surface area (Å²) in [7, 11) is 0. The van der Waals surface area contributed by atoms with E-state index in [0.717, 1.165) is 0 Å². The van der Waals surface area contributed by atoms with Crippen molar-refractivity contribution in [2.24, 2.45) is 5.92 Å². The summed E-state index contributed by atoms with van der Waals surface area (Å²) in [5, 5.41) is 15.2. The molecule has 3 heterocycles. The highest BCUT2D eigenvalue weighted by Crippen LogP contribution is 2.41. The van der Waals surface area contributed by atoms with Crippen LogP contribution in [0, 0.1) is 5.92 Å². The lowest BCUT2D eigenvalue weighted by atomic mass is 9.93. The van der Waals surface area contributed by atoms with Crippen LogP contribution in [0.1, 0.15) is 39.8 Å². The first-order valence-corrected chi connectivity index (χ1v) is 9.41. The van der Waals surface area contributed by atoms with Gasteiger partial charge in [0.05, 0.1) is 5.69 Å². The normalized spacial score (nSPS) is 26.8. The highest BCUT2D eigenvalue weighted by Gasteiger charge is 2.56. The molecule has 0 spiro atoms. The maximum absolute atomic E-state index is 11.9. The predicted octanol–water partition coefficient (Wildman–Crippen LogP) is 0.807. The van der Waals surface area contributed by atoms with Gasteiger partial charge in [-0.3, -0.25) is 9.59 Å². The Bertz CT molecular complexity index is 913. The number of rotatable bonds is 6. The van der Waals surface area contributed by atoms with Crippen LogP contribution in [0.4, 0.5) is 5.82 Å². The number of aliphatic hydroxyl groups is 1. The minimum absolute atomic E-state index is 0.143. The second-order valence-electron chi connectivity index (χ2n) is 7.72. The molecule has 2 aromatic heterocycles. The Labute approximate surface area is 167 Å². The lowest BCUT2D eigenvalue weighted by molar-refractivity contribution is -0.159. The molecule has 10 heteroatoms. The number of hydrogen-bond acceptors (Lipinski definition) is 9. The minimum Gasteiger partial charge on any atom is -0.463 e. The molecule has 1 fully saturated rings. The number of fused-ring (bicyclic) bond motifs is 1. The third kappa shape index (κ3) is 4.03. The zero-order chi connectivity index (χ0) is 21.3. The molecule has 4 atom stereocenters. The molecule has 0 radical (unpaired) electrons. The maximum Gasteiger partial charge on any atom is 0.306 e. The summed E-state index contributed by atoms with van der Waals surface area (Å²) in [4.78, 5) is 27.5. The molecular weight excluding hydrogens is 380 g/mol. The molecule has 1 aliphatic rings. The number of anilines is 1. The number of carbonyl (C=O) groups excluding carboxylic acids is 2. The van der Waals surface area contributed by atoms with Crippen LogP contribution in [0.2, 0.25) is 0 Å². The van der Waals surface area contributed by atoms with Gasteiger partial charge in [-0.05, 0) is 25.0 Å². The lowest BCUT2D eigenvalue weighted by Gasteiger charge is -2.27. The summed E-state index contributed by atoms with van der Waals surface area (Å²) in [5.41, 5.74) is 5.65. The van der Waals surface area contributed by atoms with Gasteiger partial charge in [0.15, 0.2) is 11.9 Å². The number of carbonyl (C=O) groups is 2. The topological polar surface area (TPSA) is 138 Å². The van der Waals surface area contributed by atoms with Crippen molar-refractivity contribution in [1.29, 1.82) is 0 Å². The average molecular weight is 406 g/mol. The van der Waals surface area contributed by atoms with Crippen molar-refractivity contribution < 1.29 is 28.9 Å². The van der Waals surface area contributed by atoms with Gasteiger partial charge in [-0.15, -0.1) is 0 Å². The molecule has 0 bridgehead atoms. The van der Waals surface area contributed by atoms with Gasteiger partial charge in [0.1, 0.15) is 36.3 Å². The number of aromatic nitrogens is 3. The van der Waals surface area contributed by atoms with Gasteiger partial charge in [0.25, 0.3) is 0 Å². The molecular formula is C19H26N4O6. The van der Waals surface area contributed by atoms with E-state index in [1.807, 2.05) is 13.8 Å². The summed E-state index contributed by atoms with van der Waals surface area (Å²) in [6, 6.07) is 3.42. The first kappa shape index (κ1) is 21.0. The highest BCUT2D eigenvalue weighted by molar-refractivity contribution is 5.69. The quantitative estimate of drug-likeness (QED) is 0.667. The molecule has 1 saturated heterocycles. The van der Waals surface area contributed by atoms with E-state index in [0.29, 0.717) is 11.2 Å². The highest BCUT2D eigenvalue weighted by atomic mass is 16.6. The summed E-state index contributed by atoms with van der Waals surface area (Å²) in [5.74, 6) is -0.545. The Morgan fingerprint density at radius 1 is 1.41 bits per heavy atom. The Morgan fingerprint density at radius 3 is 2.79 bits per heavy atom. The van der Waals surface area contributed by atoms with Gasteiger partial charge >= 0.3 is 11.9 Å². The molecule has 158 valence electrons. The SMILES string of the molecule is CC(=O)O[C@H]1[C@@H](O)[C@](C)(c2ccc3c(N)ncnn23)O[C@@H]1COC(=O)CC(C)C. The van der Waals surface area contributed by atoms with Crippen molar-refractivity contribution in [2.75, 3.05) is 12.3 Å². The van der Waals surface area contributed by atoms with Gasteiger partial charge in [-0.1, -0.05) is 13.8 Å². The minimum atomic E-state index is -1.29. The molecule has 0 saturated carbocycles. The molecule has 10 nitrogen and oxygen atoms in total. The molecule has 0 aromatic carbocycles. The van der Waals surface area contributed by atoms with E-state index in [9.17, 15) is 14.7 Å². The zero-order valence-electron chi connectivity index (χ0n) is 16.9. The lowest BCUT2D eigenvalue weighted by Crippen LogP contribution is -2.42. The summed E-state index contributed by atoms with van der Waals surface area (Å²) in [6.07, 6.45) is -1.54. The van der Waals surface area contributed by atoms with Crippen molar-refractivity contribution in [3.8, 4) is 0 Å². The molecule has 29 heavy (non-hydrogen) atoms. The first-order chi connectivity index (χ1) is 13.6. The number of aliphatic hydroxyl groups excluding tert-OH is 1. The largest absolute Gasteiger partial charge is 0.463 e. The van der Waals surface area contributed by atoms with E-state index < -0.39 is 29.9 Å². The van der Waals surface area contributed by atoms with Crippen LogP contribution in [-0.4, -0.2) is 56.6 Å². The fourth-order valence-electron chi connectivity index (χ4n) is 3.54. The molecule has 3 rings (SSSR count). The monoisotopic (exact) mass is 406 g/mol. The van der Waals surface area contributed by atoms with Crippen LogP contribution >= 0.6 is 0 Å². The van der Waals surface area contributed by atoms with Crippen LogP contribution in [0.25, 0.3) is 5.52 Å². The number of nitrogens with zero attached hydrogens (tertiary/aromatic N) is 3. The van der Waals surface area contributed by atoms with E-state index in [-0.39, 0.29) is 30.7 Å².